The fraction of sp³-hybridized carbons (Fsp3) is 0.562. The molecule has 1 amide bonds. The van der Waals surface area contributed by atoms with E-state index >= 15 is 0 Å². The molecule has 1 aromatic rings. The van der Waals surface area contributed by atoms with E-state index in [1.54, 1.807) is 24.3 Å². The SMILES string of the molecule is CC(=O)NCCc1ccc(S(=O)(=O)NC2CN(C)CC2C)cc1. The third kappa shape index (κ3) is 5.02. The molecule has 1 fully saturated rings. The van der Waals surface area contributed by atoms with Crippen molar-refractivity contribution < 1.29 is 13.2 Å². The lowest BCUT2D eigenvalue weighted by Gasteiger charge is -2.16. The van der Waals surface area contributed by atoms with Crippen LogP contribution in [0.2, 0.25) is 0 Å². The van der Waals surface area contributed by atoms with Crippen molar-refractivity contribution in [2.24, 2.45) is 5.92 Å². The van der Waals surface area contributed by atoms with E-state index in [4.69, 9.17) is 0 Å². The van der Waals surface area contributed by atoms with Gasteiger partial charge in [0.05, 0.1) is 4.90 Å². The van der Waals surface area contributed by atoms with Crippen LogP contribution in [-0.4, -0.2) is 51.9 Å². The van der Waals surface area contributed by atoms with Crippen molar-refractivity contribution in [1.29, 1.82) is 0 Å². The average molecular weight is 339 g/mol. The van der Waals surface area contributed by atoms with Gasteiger partial charge in [0.25, 0.3) is 0 Å². The van der Waals surface area contributed by atoms with Crippen LogP contribution >= 0.6 is 0 Å². The molecule has 0 radical (unpaired) electrons. The van der Waals surface area contributed by atoms with Gasteiger partial charge in [0.2, 0.25) is 15.9 Å². The second-order valence-electron chi connectivity index (χ2n) is 6.30. The van der Waals surface area contributed by atoms with Crippen LogP contribution in [0.4, 0.5) is 0 Å². The minimum absolute atomic E-state index is 0.0514. The van der Waals surface area contributed by atoms with Gasteiger partial charge in [-0.05, 0) is 37.1 Å². The zero-order valence-electron chi connectivity index (χ0n) is 13.9. The Balaban J connectivity index is 1.98. The van der Waals surface area contributed by atoms with Gasteiger partial charge in [0, 0.05) is 32.6 Å². The van der Waals surface area contributed by atoms with Crippen molar-refractivity contribution in [2.75, 3.05) is 26.7 Å². The molecule has 1 heterocycles. The van der Waals surface area contributed by atoms with Crippen LogP contribution in [0.3, 0.4) is 0 Å². The molecule has 0 aliphatic carbocycles. The second-order valence-corrected chi connectivity index (χ2v) is 8.02. The van der Waals surface area contributed by atoms with Gasteiger partial charge in [0.1, 0.15) is 0 Å². The molecule has 0 spiro atoms. The van der Waals surface area contributed by atoms with E-state index in [0.717, 1.165) is 18.7 Å². The maximum atomic E-state index is 12.5. The molecule has 1 aliphatic heterocycles. The van der Waals surface area contributed by atoms with Crippen LogP contribution in [0.1, 0.15) is 19.4 Å². The van der Waals surface area contributed by atoms with E-state index in [2.05, 4.69) is 21.9 Å². The van der Waals surface area contributed by atoms with Crippen LogP contribution < -0.4 is 10.0 Å². The number of sulfonamides is 1. The Bertz CT molecular complexity index is 643. The Morgan fingerprint density at radius 1 is 1.26 bits per heavy atom. The molecule has 1 saturated heterocycles. The summed E-state index contributed by atoms with van der Waals surface area (Å²) in [6.07, 6.45) is 0.678. The van der Waals surface area contributed by atoms with E-state index in [-0.39, 0.29) is 16.8 Å². The molecule has 1 aromatic carbocycles. The molecule has 128 valence electrons. The Kier molecular flexibility index (Phi) is 5.78. The van der Waals surface area contributed by atoms with Gasteiger partial charge >= 0.3 is 0 Å². The molecule has 2 atom stereocenters. The van der Waals surface area contributed by atoms with Gasteiger partial charge in [0.15, 0.2) is 0 Å². The molecule has 6 nitrogen and oxygen atoms in total. The van der Waals surface area contributed by atoms with Crippen LogP contribution in [0.15, 0.2) is 29.2 Å². The zero-order valence-corrected chi connectivity index (χ0v) is 14.7. The van der Waals surface area contributed by atoms with Crippen molar-refractivity contribution in [2.45, 2.75) is 31.2 Å². The van der Waals surface area contributed by atoms with Gasteiger partial charge in [-0.2, -0.15) is 0 Å². The first-order valence-electron chi connectivity index (χ1n) is 7.82. The Labute approximate surface area is 138 Å². The third-order valence-corrected chi connectivity index (χ3v) is 5.63. The number of hydrogen-bond acceptors (Lipinski definition) is 4. The fourth-order valence-corrected chi connectivity index (χ4v) is 4.18. The highest BCUT2D eigenvalue weighted by molar-refractivity contribution is 7.89. The number of carbonyl (C=O) groups excluding carboxylic acids is 1. The van der Waals surface area contributed by atoms with Crippen molar-refractivity contribution in [3.8, 4) is 0 Å². The van der Waals surface area contributed by atoms with Crippen molar-refractivity contribution in [3.63, 3.8) is 0 Å². The topological polar surface area (TPSA) is 78.5 Å². The summed E-state index contributed by atoms with van der Waals surface area (Å²) in [6, 6.07) is 6.77. The molecule has 7 heteroatoms. The summed E-state index contributed by atoms with van der Waals surface area (Å²) in [6.45, 7) is 5.71. The molecule has 0 bridgehead atoms. The van der Waals surface area contributed by atoms with Crippen LogP contribution in [0.25, 0.3) is 0 Å². The monoisotopic (exact) mass is 339 g/mol. The zero-order chi connectivity index (χ0) is 17.0. The van der Waals surface area contributed by atoms with E-state index in [0.29, 0.717) is 18.9 Å². The summed E-state index contributed by atoms with van der Waals surface area (Å²) >= 11 is 0. The Morgan fingerprint density at radius 2 is 1.91 bits per heavy atom. The second kappa shape index (κ2) is 7.42. The Hall–Kier alpha value is -1.44. The molecule has 23 heavy (non-hydrogen) atoms. The Morgan fingerprint density at radius 3 is 2.43 bits per heavy atom. The van der Waals surface area contributed by atoms with E-state index in [1.165, 1.54) is 6.92 Å². The first-order valence-corrected chi connectivity index (χ1v) is 9.30. The number of nitrogens with zero attached hydrogens (tertiary/aromatic N) is 1. The smallest absolute Gasteiger partial charge is 0.240 e. The van der Waals surface area contributed by atoms with E-state index in [1.807, 2.05) is 7.05 Å². The first kappa shape index (κ1) is 17.9. The summed E-state index contributed by atoms with van der Waals surface area (Å²) in [5.74, 6) is 0.232. The minimum atomic E-state index is -3.50. The fourth-order valence-electron chi connectivity index (χ4n) is 2.85. The third-order valence-electron chi connectivity index (χ3n) is 4.12. The number of hydrogen-bond donors (Lipinski definition) is 2. The lowest BCUT2D eigenvalue weighted by Crippen LogP contribution is -2.39. The van der Waals surface area contributed by atoms with Gasteiger partial charge in [-0.1, -0.05) is 19.1 Å². The number of amides is 1. The highest BCUT2D eigenvalue weighted by atomic mass is 32.2. The average Bonchev–Trinajstić information content (AvgIpc) is 2.76. The quantitative estimate of drug-likeness (QED) is 0.795. The molecular formula is C16H25N3O3S. The molecule has 2 rings (SSSR count). The highest BCUT2D eigenvalue weighted by Crippen LogP contribution is 2.18. The number of likely N-dealkylation sites (tertiary alicyclic amines) is 1. The summed E-state index contributed by atoms with van der Waals surface area (Å²) in [5.41, 5.74) is 0.992. The van der Waals surface area contributed by atoms with Gasteiger partial charge < -0.3 is 10.2 Å². The molecular weight excluding hydrogens is 314 g/mol. The predicted octanol–water partition coefficient (Wildman–Crippen LogP) is 0.594. The lowest BCUT2D eigenvalue weighted by molar-refractivity contribution is -0.118. The number of nitrogens with one attached hydrogen (secondary N) is 2. The summed E-state index contributed by atoms with van der Waals surface area (Å²) in [7, 11) is -1.50. The number of rotatable bonds is 6. The maximum absolute atomic E-state index is 12.5. The summed E-state index contributed by atoms with van der Waals surface area (Å²) < 4.78 is 27.7. The van der Waals surface area contributed by atoms with Crippen LogP contribution in [0, 0.1) is 5.92 Å². The van der Waals surface area contributed by atoms with Gasteiger partial charge in [-0.15, -0.1) is 0 Å². The maximum Gasteiger partial charge on any atom is 0.240 e. The summed E-state index contributed by atoms with van der Waals surface area (Å²) in [4.78, 5) is 13.2. The highest BCUT2D eigenvalue weighted by Gasteiger charge is 2.31. The number of likely N-dealkylation sites (N-methyl/N-ethyl adjacent to an activating group) is 1. The first-order chi connectivity index (χ1) is 10.8. The number of carbonyl (C=O) groups is 1. The van der Waals surface area contributed by atoms with E-state index < -0.39 is 10.0 Å². The molecule has 2 unspecified atom stereocenters. The molecule has 0 aromatic heterocycles. The molecule has 2 N–H and O–H groups in total. The van der Waals surface area contributed by atoms with Crippen LogP contribution in [0.5, 0.6) is 0 Å². The number of benzene rings is 1. The molecule has 1 aliphatic rings. The largest absolute Gasteiger partial charge is 0.356 e. The van der Waals surface area contributed by atoms with Crippen molar-refractivity contribution >= 4 is 15.9 Å². The predicted molar refractivity (Wildman–Crippen MR) is 89.6 cm³/mol. The standard InChI is InChI=1S/C16H25N3O3S/c1-12-10-19(3)11-16(12)18-23(21,22)15-6-4-14(5-7-15)8-9-17-13(2)20/h4-7,12,16,18H,8-11H2,1-3H3,(H,17,20). The van der Waals surface area contributed by atoms with Crippen molar-refractivity contribution in [3.05, 3.63) is 29.8 Å². The lowest BCUT2D eigenvalue weighted by atomic mass is 10.1. The normalized spacial score (nSPS) is 22.2. The van der Waals surface area contributed by atoms with Gasteiger partial charge in [-0.3, -0.25) is 4.79 Å². The minimum Gasteiger partial charge on any atom is -0.356 e. The van der Waals surface area contributed by atoms with Crippen molar-refractivity contribution in [1.82, 2.24) is 14.9 Å². The van der Waals surface area contributed by atoms with Crippen LogP contribution in [-0.2, 0) is 21.2 Å². The summed E-state index contributed by atoms with van der Waals surface area (Å²) in [5, 5.41) is 2.72. The van der Waals surface area contributed by atoms with E-state index in [9.17, 15) is 13.2 Å². The molecule has 0 saturated carbocycles. The van der Waals surface area contributed by atoms with Gasteiger partial charge in [-0.25, -0.2) is 13.1 Å².